The predicted molar refractivity (Wildman–Crippen MR) is 80.8 cm³/mol. The first kappa shape index (κ1) is 23.4. The maximum Gasteiger partial charge on any atom is 0.490 e. The Bertz CT molecular complexity index is 633. The van der Waals surface area contributed by atoms with Crippen molar-refractivity contribution in [2.75, 3.05) is 18.2 Å². The van der Waals surface area contributed by atoms with Gasteiger partial charge in [0.1, 0.15) is 12.0 Å². The molecule has 2 unspecified atom stereocenters. The van der Waals surface area contributed by atoms with E-state index in [2.05, 4.69) is 25.8 Å². The Morgan fingerprint density at radius 2 is 1.54 bits per heavy atom. The van der Waals surface area contributed by atoms with Crippen LogP contribution in [0, 0.1) is 0 Å². The third kappa shape index (κ3) is 7.16. The summed E-state index contributed by atoms with van der Waals surface area (Å²) in [5.41, 5.74) is 0. The fraction of sp³-hybridized carbons (Fsp3) is 0.462. The average molecular weight is 419 g/mol. The molecule has 9 nitrogen and oxygen atoms in total. The summed E-state index contributed by atoms with van der Waals surface area (Å²) in [6, 6.07) is 5.98. The zero-order valence-electron chi connectivity index (χ0n) is 13.8. The number of pyridine rings is 1. The Morgan fingerprint density at radius 3 is 1.96 bits per heavy atom. The number of nitrogens with zero attached hydrogens (tertiary/aromatic N) is 2. The highest BCUT2D eigenvalue weighted by atomic mass is 19.4. The molecular formula is C13H15F6N5O4. The van der Waals surface area contributed by atoms with Crippen LogP contribution in [0.5, 0.6) is 0 Å². The molecule has 2 fully saturated rings. The van der Waals surface area contributed by atoms with E-state index in [0.29, 0.717) is 12.3 Å². The number of aromatic nitrogens is 1. The topological polar surface area (TPSA) is 127 Å². The molecule has 2 atom stereocenters. The minimum absolute atomic E-state index is 0.324. The number of rotatable bonds is 1. The number of alkyl halides is 6. The summed E-state index contributed by atoms with van der Waals surface area (Å²) in [5, 5.41) is 24.3. The number of carbonyl (C=O) groups is 2. The number of carboxylic acid groups (broad SMARTS) is 2. The molecule has 0 aromatic carbocycles. The lowest BCUT2D eigenvalue weighted by molar-refractivity contribution is -0.193. The Kier molecular flexibility index (Phi) is 7.95. The van der Waals surface area contributed by atoms with Crippen LogP contribution in [0.2, 0.25) is 0 Å². The third-order valence-corrected chi connectivity index (χ3v) is 3.19. The molecule has 15 heteroatoms. The van der Waals surface area contributed by atoms with Gasteiger partial charge in [-0.15, -0.1) is 0 Å². The molecule has 0 amide bonds. The van der Waals surface area contributed by atoms with Gasteiger partial charge in [-0.2, -0.15) is 26.3 Å². The zero-order chi connectivity index (χ0) is 21.5. The smallest absolute Gasteiger partial charge is 0.475 e. The van der Waals surface area contributed by atoms with E-state index >= 15 is 0 Å². The molecular weight excluding hydrogens is 404 g/mol. The van der Waals surface area contributed by atoms with E-state index in [9.17, 15) is 26.3 Å². The van der Waals surface area contributed by atoms with Crippen LogP contribution in [0.4, 0.5) is 32.2 Å². The first-order valence-corrected chi connectivity index (χ1v) is 7.32. The van der Waals surface area contributed by atoms with Gasteiger partial charge < -0.3 is 15.1 Å². The van der Waals surface area contributed by atoms with Gasteiger partial charge >= 0.3 is 24.3 Å². The molecule has 158 valence electrons. The second-order valence-electron chi connectivity index (χ2n) is 5.13. The van der Waals surface area contributed by atoms with E-state index in [1.54, 1.807) is 0 Å². The number of anilines is 1. The molecule has 3 rings (SSSR count). The normalized spacial score (nSPS) is 21.0. The molecule has 1 aromatic heterocycles. The second-order valence-corrected chi connectivity index (χ2v) is 5.13. The van der Waals surface area contributed by atoms with Crippen LogP contribution in [-0.2, 0) is 9.59 Å². The van der Waals surface area contributed by atoms with E-state index < -0.39 is 24.3 Å². The summed E-state index contributed by atoms with van der Waals surface area (Å²) < 4.78 is 63.5. The summed E-state index contributed by atoms with van der Waals surface area (Å²) in [5.74, 6) is -4.50. The monoisotopic (exact) mass is 419 g/mol. The van der Waals surface area contributed by atoms with Crippen molar-refractivity contribution in [1.29, 1.82) is 0 Å². The fourth-order valence-corrected chi connectivity index (χ4v) is 2.02. The lowest BCUT2D eigenvalue weighted by atomic mass is 10.4. The SMILES string of the molecule is O=C(O)C(F)(F)F.O=C(O)C(F)(F)F.c1ccc(N2CNC3NCNC32)nc1. The van der Waals surface area contributed by atoms with Crippen molar-refractivity contribution in [2.45, 2.75) is 24.7 Å². The van der Waals surface area contributed by atoms with Crippen LogP contribution in [0.15, 0.2) is 24.4 Å². The molecule has 0 spiro atoms. The Labute approximate surface area is 153 Å². The molecule has 0 saturated carbocycles. The van der Waals surface area contributed by atoms with E-state index in [-0.39, 0.29) is 0 Å². The van der Waals surface area contributed by atoms with Crippen molar-refractivity contribution >= 4 is 17.8 Å². The van der Waals surface area contributed by atoms with Crippen LogP contribution in [-0.4, -0.2) is 65.2 Å². The van der Waals surface area contributed by atoms with E-state index in [0.717, 1.165) is 19.2 Å². The molecule has 5 N–H and O–H groups in total. The highest BCUT2D eigenvalue weighted by molar-refractivity contribution is 5.73. The number of nitrogens with one attached hydrogen (secondary N) is 3. The van der Waals surface area contributed by atoms with Gasteiger partial charge in [0.05, 0.1) is 12.8 Å². The summed E-state index contributed by atoms with van der Waals surface area (Å²) >= 11 is 0. The van der Waals surface area contributed by atoms with Crippen molar-refractivity contribution in [2.24, 2.45) is 0 Å². The van der Waals surface area contributed by atoms with Crippen LogP contribution in [0.25, 0.3) is 0 Å². The zero-order valence-corrected chi connectivity index (χ0v) is 13.8. The number of fused-ring (bicyclic) bond motifs is 1. The summed E-state index contributed by atoms with van der Waals surface area (Å²) in [6.45, 7) is 1.69. The third-order valence-electron chi connectivity index (χ3n) is 3.19. The molecule has 0 bridgehead atoms. The summed E-state index contributed by atoms with van der Waals surface area (Å²) in [6.07, 6.45) is -7.67. The lowest BCUT2D eigenvalue weighted by Gasteiger charge is -2.22. The molecule has 0 radical (unpaired) electrons. The molecule has 2 aliphatic heterocycles. The number of hydrogen-bond acceptors (Lipinski definition) is 7. The van der Waals surface area contributed by atoms with Gasteiger partial charge in [0.2, 0.25) is 0 Å². The molecule has 2 aliphatic rings. The summed E-state index contributed by atoms with van der Waals surface area (Å²) in [7, 11) is 0. The molecule has 2 saturated heterocycles. The number of halogens is 6. The highest BCUT2D eigenvalue weighted by Crippen LogP contribution is 2.18. The Hall–Kier alpha value is -2.65. The van der Waals surface area contributed by atoms with Crippen LogP contribution in [0.1, 0.15) is 0 Å². The average Bonchev–Trinajstić information content (AvgIpc) is 3.18. The second kappa shape index (κ2) is 9.52. The lowest BCUT2D eigenvalue weighted by Crippen LogP contribution is -2.42. The highest BCUT2D eigenvalue weighted by Gasteiger charge is 2.39. The minimum atomic E-state index is -5.08. The standard InChI is InChI=1S/C9H13N5.2C2HF3O2/c1-2-4-10-7(3-1)14-6-13-8-9(14)12-5-11-8;2*3-2(4,5)1(6)7/h1-4,8-9,11-13H,5-6H2;2*(H,6,7). The van der Waals surface area contributed by atoms with Gasteiger partial charge in [0.25, 0.3) is 0 Å². The van der Waals surface area contributed by atoms with Gasteiger partial charge in [0, 0.05) is 12.9 Å². The molecule has 1 aromatic rings. The van der Waals surface area contributed by atoms with Crippen molar-refractivity contribution in [3.8, 4) is 0 Å². The van der Waals surface area contributed by atoms with Gasteiger partial charge in [-0.3, -0.25) is 16.0 Å². The van der Waals surface area contributed by atoms with E-state index in [1.807, 2.05) is 24.4 Å². The van der Waals surface area contributed by atoms with Crippen molar-refractivity contribution in [3.05, 3.63) is 24.4 Å². The Morgan fingerprint density at radius 1 is 1.00 bits per heavy atom. The maximum absolute atomic E-state index is 10.6. The molecule has 3 heterocycles. The first-order valence-electron chi connectivity index (χ1n) is 7.32. The van der Waals surface area contributed by atoms with Gasteiger partial charge in [0.15, 0.2) is 0 Å². The van der Waals surface area contributed by atoms with Crippen LogP contribution < -0.4 is 20.9 Å². The fourth-order valence-electron chi connectivity index (χ4n) is 2.02. The minimum Gasteiger partial charge on any atom is -0.475 e. The number of hydrogen-bond donors (Lipinski definition) is 5. The van der Waals surface area contributed by atoms with Gasteiger partial charge in [-0.05, 0) is 12.1 Å². The van der Waals surface area contributed by atoms with Crippen LogP contribution in [0.3, 0.4) is 0 Å². The Balaban J connectivity index is 0.000000240. The van der Waals surface area contributed by atoms with Gasteiger partial charge in [-0.25, -0.2) is 14.6 Å². The van der Waals surface area contributed by atoms with E-state index in [1.165, 1.54) is 0 Å². The molecule has 28 heavy (non-hydrogen) atoms. The maximum atomic E-state index is 10.6. The summed E-state index contributed by atoms with van der Waals surface area (Å²) in [4.78, 5) is 24.4. The van der Waals surface area contributed by atoms with Crippen molar-refractivity contribution < 1.29 is 46.1 Å². The van der Waals surface area contributed by atoms with E-state index in [4.69, 9.17) is 19.8 Å². The first-order chi connectivity index (χ1) is 12.8. The number of carboxylic acids is 2. The number of aliphatic carboxylic acids is 2. The van der Waals surface area contributed by atoms with Gasteiger partial charge in [-0.1, -0.05) is 6.07 Å². The van der Waals surface area contributed by atoms with Crippen molar-refractivity contribution in [3.63, 3.8) is 0 Å². The van der Waals surface area contributed by atoms with Crippen LogP contribution >= 0.6 is 0 Å². The predicted octanol–water partition coefficient (Wildman–Crippen LogP) is 0.518. The molecule has 0 aliphatic carbocycles. The quantitative estimate of drug-likeness (QED) is 0.414. The largest absolute Gasteiger partial charge is 0.490 e. The van der Waals surface area contributed by atoms with Crippen molar-refractivity contribution in [1.82, 2.24) is 20.9 Å².